The summed E-state index contributed by atoms with van der Waals surface area (Å²) in [6.45, 7) is 0. The zero-order chi connectivity index (χ0) is 13.3. The molecule has 0 aliphatic carbocycles. The van der Waals surface area contributed by atoms with Gasteiger partial charge in [-0.05, 0) is 23.8 Å². The first kappa shape index (κ1) is 13.4. The number of hydrogen-bond acceptors (Lipinski definition) is 3. The van der Waals surface area contributed by atoms with E-state index in [1.807, 2.05) is 0 Å². The first-order chi connectivity index (χ1) is 8.49. The molecule has 2 aromatic rings. The normalized spacial score (nSPS) is 12.4. The lowest BCUT2D eigenvalue weighted by molar-refractivity contribution is -0.402. The van der Waals surface area contributed by atoms with Crippen molar-refractivity contribution in [2.24, 2.45) is 0 Å². The van der Waals surface area contributed by atoms with E-state index in [9.17, 15) is 10.1 Å². The molecular formula is C11H6BrCl2NO3. The lowest BCUT2D eigenvalue weighted by Gasteiger charge is -2.07. The molecule has 0 radical (unpaired) electrons. The highest BCUT2D eigenvalue weighted by Gasteiger charge is 2.19. The van der Waals surface area contributed by atoms with Crippen LogP contribution in [0.2, 0.25) is 10.0 Å². The lowest BCUT2D eigenvalue weighted by Crippen LogP contribution is -1.91. The number of hydrogen-bond donors (Lipinski definition) is 0. The monoisotopic (exact) mass is 349 g/mol. The fourth-order valence-electron chi connectivity index (χ4n) is 1.41. The van der Waals surface area contributed by atoms with Crippen LogP contribution in [0.5, 0.6) is 0 Å². The van der Waals surface area contributed by atoms with Crippen molar-refractivity contribution >= 4 is 45.0 Å². The van der Waals surface area contributed by atoms with Gasteiger partial charge in [0, 0.05) is 0 Å². The number of alkyl halides is 1. The second-order valence-corrected chi connectivity index (χ2v) is 5.20. The average Bonchev–Trinajstić information content (AvgIpc) is 2.81. The number of nitro groups is 1. The van der Waals surface area contributed by atoms with Crippen LogP contribution in [0.15, 0.2) is 34.7 Å². The van der Waals surface area contributed by atoms with Crippen molar-refractivity contribution < 1.29 is 9.34 Å². The Balaban J connectivity index is 2.31. The van der Waals surface area contributed by atoms with Crippen LogP contribution >= 0.6 is 39.1 Å². The molecule has 0 bridgehead atoms. The van der Waals surface area contributed by atoms with Gasteiger partial charge in [-0.1, -0.05) is 45.2 Å². The number of benzene rings is 1. The molecule has 94 valence electrons. The summed E-state index contributed by atoms with van der Waals surface area (Å²) in [7, 11) is 0. The minimum Gasteiger partial charge on any atom is -0.404 e. The highest BCUT2D eigenvalue weighted by Crippen LogP contribution is 2.36. The maximum Gasteiger partial charge on any atom is 0.433 e. The molecule has 18 heavy (non-hydrogen) atoms. The van der Waals surface area contributed by atoms with E-state index in [1.54, 1.807) is 24.3 Å². The molecule has 1 aromatic carbocycles. The highest BCUT2D eigenvalue weighted by atomic mass is 79.9. The Labute approximate surface area is 121 Å². The molecule has 0 aliphatic rings. The molecule has 0 saturated carbocycles. The average molecular weight is 351 g/mol. The van der Waals surface area contributed by atoms with E-state index >= 15 is 0 Å². The van der Waals surface area contributed by atoms with Crippen molar-refractivity contribution in [2.45, 2.75) is 4.83 Å². The van der Waals surface area contributed by atoms with Crippen LogP contribution in [0.4, 0.5) is 5.88 Å². The number of nitrogens with zero attached hydrogens (tertiary/aromatic N) is 1. The summed E-state index contributed by atoms with van der Waals surface area (Å²) in [5.74, 6) is 0.134. The van der Waals surface area contributed by atoms with Gasteiger partial charge in [0.25, 0.3) is 0 Å². The van der Waals surface area contributed by atoms with E-state index in [-0.39, 0.29) is 10.7 Å². The Hall–Kier alpha value is -1.04. The first-order valence-electron chi connectivity index (χ1n) is 4.82. The predicted molar refractivity (Wildman–Crippen MR) is 72.6 cm³/mol. The van der Waals surface area contributed by atoms with E-state index < -0.39 is 4.92 Å². The fraction of sp³-hybridized carbons (Fsp3) is 0.0909. The number of halogens is 3. The second-order valence-electron chi connectivity index (χ2n) is 3.47. The van der Waals surface area contributed by atoms with Crippen molar-refractivity contribution in [3.63, 3.8) is 0 Å². The number of rotatable bonds is 3. The van der Waals surface area contributed by atoms with E-state index in [0.29, 0.717) is 15.8 Å². The highest BCUT2D eigenvalue weighted by molar-refractivity contribution is 9.09. The third-order valence-electron chi connectivity index (χ3n) is 2.28. The summed E-state index contributed by atoms with van der Waals surface area (Å²) in [6, 6.07) is 7.95. The van der Waals surface area contributed by atoms with Crippen LogP contribution in [0, 0.1) is 10.1 Å². The molecule has 7 heteroatoms. The maximum atomic E-state index is 10.5. The maximum absolute atomic E-state index is 10.5. The van der Waals surface area contributed by atoms with Crippen LogP contribution in [-0.4, -0.2) is 4.92 Å². The standard InChI is InChI=1S/C11H6BrCl2NO3/c12-11(6-1-2-7(13)8(14)5-6)9-3-4-10(18-9)15(16)17/h1-5,11H. The Kier molecular flexibility index (Phi) is 3.94. The molecule has 0 spiro atoms. The summed E-state index contributed by atoms with van der Waals surface area (Å²) in [5.41, 5.74) is 0.800. The van der Waals surface area contributed by atoms with Gasteiger partial charge in [0.05, 0.1) is 20.9 Å². The smallest absolute Gasteiger partial charge is 0.404 e. The summed E-state index contributed by atoms with van der Waals surface area (Å²) in [6.07, 6.45) is 0. The van der Waals surface area contributed by atoms with Gasteiger partial charge in [-0.2, -0.15) is 0 Å². The van der Waals surface area contributed by atoms with Crippen LogP contribution in [0.3, 0.4) is 0 Å². The van der Waals surface area contributed by atoms with Gasteiger partial charge in [-0.15, -0.1) is 0 Å². The zero-order valence-electron chi connectivity index (χ0n) is 8.77. The van der Waals surface area contributed by atoms with Gasteiger partial charge in [-0.25, -0.2) is 0 Å². The van der Waals surface area contributed by atoms with Crippen LogP contribution in [0.25, 0.3) is 0 Å². The molecule has 4 nitrogen and oxygen atoms in total. The van der Waals surface area contributed by atoms with Crippen molar-refractivity contribution in [3.8, 4) is 0 Å². The van der Waals surface area contributed by atoms with Crippen LogP contribution < -0.4 is 0 Å². The summed E-state index contributed by atoms with van der Waals surface area (Å²) >= 11 is 15.1. The van der Waals surface area contributed by atoms with Gasteiger partial charge in [0.15, 0.2) is 0 Å². The molecule has 1 aromatic heterocycles. The Morgan fingerprint density at radius 2 is 1.94 bits per heavy atom. The number of furan rings is 1. The van der Waals surface area contributed by atoms with E-state index in [4.69, 9.17) is 27.6 Å². The quantitative estimate of drug-likeness (QED) is 0.445. The predicted octanol–water partition coefficient (Wildman–Crippen LogP) is 4.98. The zero-order valence-corrected chi connectivity index (χ0v) is 11.9. The molecule has 0 fully saturated rings. The molecule has 2 rings (SSSR count). The molecule has 1 atom stereocenters. The van der Waals surface area contributed by atoms with Crippen molar-refractivity contribution in [1.29, 1.82) is 0 Å². The Morgan fingerprint density at radius 3 is 2.50 bits per heavy atom. The molecular weight excluding hydrogens is 345 g/mol. The SMILES string of the molecule is O=[N+]([O-])c1ccc(C(Br)c2ccc(Cl)c(Cl)c2)o1. The van der Waals surface area contributed by atoms with E-state index in [1.165, 1.54) is 6.07 Å². The molecule has 0 aliphatic heterocycles. The van der Waals surface area contributed by atoms with Gasteiger partial charge < -0.3 is 4.42 Å². The molecule has 0 N–H and O–H groups in total. The third kappa shape index (κ3) is 2.68. The molecule has 1 unspecified atom stereocenters. The van der Waals surface area contributed by atoms with E-state index in [2.05, 4.69) is 15.9 Å². The summed E-state index contributed by atoms with van der Waals surface area (Å²) in [4.78, 5) is 9.63. The topological polar surface area (TPSA) is 56.3 Å². The fourth-order valence-corrected chi connectivity index (χ4v) is 2.25. The second kappa shape index (κ2) is 5.30. The van der Waals surface area contributed by atoms with Crippen LogP contribution in [-0.2, 0) is 0 Å². The third-order valence-corrected chi connectivity index (χ3v) is 4.00. The Morgan fingerprint density at radius 1 is 1.22 bits per heavy atom. The van der Waals surface area contributed by atoms with Gasteiger partial charge >= 0.3 is 5.88 Å². The van der Waals surface area contributed by atoms with Gasteiger partial charge in [0.2, 0.25) is 0 Å². The van der Waals surface area contributed by atoms with Gasteiger partial charge in [0.1, 0.15) is 10.7 Å². The molecule has 1 heterocycles. The summed E-state index contributed by atoms with van der Waals surface area (Å²) in [5, 5.41) is 11.4. The molecule has 0 saturated heterocycles. The van der Waals surface area contributed by atoms with Gasteiger partial charge in [-0.3, -0.25) is 10.1 Å². The minimum atomic E-state index is -0.585. The first-order valence-corrected chi connectivity index (χ1v) is 6.49. The van der Waals surface area contributed by atoms with E-state index in [0.717, 1.165) is 5.56 Å². The van der Waals surface area contributed by atoms with Crippen molar-refractivity contribution in [1.82, 2.24) is 0 Å². The van der Waals surface area contributed by atoms with Crippen LogP contribution in [0.1, 0.15) is 16.2 Å². The molecule has 0 amide bonds. The minimum absolute atomic E-state index is 0.297. The largest absolute Gasteiger partial charge is 0.433 e. The van der Waals surface area contributed by atoms with Crippen molar-refractivity contribution in [3.05, 3.63) is 61.8 Å². The lowest BCUT2D eigenvalue weighted by atomic mass is 10.1. The van der Waals surface area contributed by atoms with Crippen molar-refractivity contribution in [2.75, 3.05) is 0 Å². The summed E-state index contributed by atoms with van der Waals surface area (Å²) < 4.78 is 5.11. The Bertz CT molecular complexity index is 600.